The minimum Gasteiger partial charge on any atom is -0.490 e. The SMILES string of the molecule is CCn1c(-c2nonc2N)nc2c(C#CC(C)(C)O)ncc(OCCCCCCCC(=O)NCCCCCNc3cccc4c3C(=O)N(C3CCC(=O)NC3=O)C4=O)c21. The fourth-order valence-corrected chi connectivity index (χ4v) is 7.09. The van der Waals surface area contributed by atoms with Crippen molar-refractivity contribution in [2.24, 2.45) is 0 Å². The summed E-state index contributed by atoms with van der Waals surface area (Å²) < 4.78 is 12.9. The Labute approximate surface area is 341 Å². The third kappa shape index (κ3) is 10.0. The number of rotatable bonds is 19. The summed E-state index contributed by atoms with van der Waals surface area (Å²) in [5.74, 6) is 4.69. The molecule has 5 amide bonds. The van der Waals surface area contributed by atoms with E-state index in [2.05, 4.69) is 43.1 Å². The number of nitrogens with one attached hydrogen (secondary N) is 3. The van der Waals surface area contributed by atoms with Crippen LogP contribution in [0.3, 0.4) is 0 Å². The van der Waals surface area contributed by atoms with E-state index in [1.54, 1.807) is 38.2 Å². The second kappa shape index (κ2) is 18.9. The summed E-state index contributed by atoms with van der Waals surface area (Å²) in [5.41, 5.74) is 7.61. The van der Waals surface area contributed by atoms with Crippen LogP contribution in [0.4, 0.5) is 11.5 Å². The second-order valence-electron chi connectivity index (χ2n) is 15.0. The molecule has 6 N–H and O–H groups in total. The fourth-order valence-electron chi connectivity index (χ4n) is 7.09. The molecule has 0 saturated carbocycles. The molecule has 312 valence electrons. The molecule has 0 spiro atoms. The quantitative estimate of drug-likeness (QED) is 0.0515. The first-order valence-corrected chi connectivity index (χ1v) is 20.1. The Kier molecular flexibility index (Phi) is 13.6. The van der Waals surface area contributed by atoms with Gasteiger partial charge in [-0.2, -0.15) is 0 Å². The maximum absolute atomic E-state index is 13.3. The van der Waals surface area contributed by atoms with Gasteiger partial charge in [-0.25, -0.2) is 14.6 Å². The molecule has 1 aromatic carbocycles. The number of aliphatic hydroxyl groups is 1. The van der Waals surface area contributed by atoms with E-state index in [4.69, 9.17) is 20.1 Å². The average molecular weight is 811 g/mol. The van der Waals surface area contributed by atoms with Gasteiger partial charge in [-0.15, -0.1) is 0 Å². The topological polar surface area (TPSA) is 250 Å². The fraction of sp³-hybridized carbons (Fsp3) is 0.488. The lowest BCUT2D eigenvalue weighted by atomic mass is 10.0. The van der Waals surface area contributed by atoms with E-state index in [1.165, 1.54) is 0 Å². The van der Waals surface area contributed by atoms with Crippen LogP contribution in [0.1, 0.15) is 118 Å². The highest BCUT2D eigenvalue weighted by atomic mass is 16.6. The van der Waals surface area contributed by atoms with Crippen LogP contribution in [0.2, 0.25) is 0 Å². The third-order valence-corrected chi connectivity index (χ3v) is 10.0. The van der Waals surface area contributed by atoms with E-state index < -0.39 is 35.3 Å². The van der Waals surface area contributed by atoms with Crippen LogP contribution in [0.15, 0.2) is 29.0 Å². The molecule has 6 rings (SSSR count). The molecule has 0 aliphatic carbocycles. The zero-order chi connectivity index (χ0) is 42.1. The Balaban J connectivity index is 0.864. The van der Waals surface area contributed by atoms with Gasteiger partial charge in [0, 0.05) is 38.2 Å². The molecule has 59 heavy (non-hydrogen) atoms. The van der Waals surface area contributed by atoms with Gasteiger partial charge in [0.25, 0.3) is 11.8 Å². The number of carbonyl (C=O) groups excluding carboxylic acids is 5. The Morgan fingerprint density at radius 2 is 1.81 bits per heavy atom. The third-order valence-electron chi connectivity index (χ3n) is 10.0. The molecule has 3 aromatic heterocycles. The summed E-state index contributed by atoms with van der Waals surface area (Å²) in [4.78, 5) is 72.9. The van der Waals surface area contributed by atoms with E-state index in [1.807, 2.05) is 11.5 Å². The smallest absolute Gasteiger partial charge is 0.264 e. The van der Waals surface area contributed by atoms with Crippen molar-refractivity contribution in [2.75, 3.05) is 30.7 Å². The molecule has 1 fully saturated rings. The van der Waals surface area contributed by atoms with Crippen LogP contribution in [-0.2, 0) is 20.9 Å². The molecule has 5 heterocycles. The van der Waals surface area contributed by atoms with E-state index in [9.17, 15) is 29.1 Å². The van der Waals surface area contributed by atoms with Crippen LogP contribution in [0, 0.1) is 11.8 Å². The lowest BCUT2D eigenvalue weighted by molar-refractivity contribution is -0.136. The van der Waals surface area contributed by atoms with Crippen LogP contribution >= 0.6 is 0 Å². The van der Waals surface area contributed by atoms with Crippen molar-refractivity contribution in [3.8, 4) is 29.1 Å². The van der Waals surface area contributed by atoms with Gasteiger partial charge in [0.15, 0.2) is 23.1 Å². The summed E-state index contributed by atoms with van der Waals surface area (Å²) in [5, 5.41) is 26.2. The Bertz CT molecular complexity index is 2280. The van der Waals surface area contributed by atoms with Crippen molar-refractivity contribution in [1.82, 2.24) is 40.4 Å². The lowest BCUT2D eigenvalue weighted by Gasteiger charge is -2.27. The Morgan fingerprint density at radius 1 is 1.05 bits per heavy atom. The summed E-state index contributed by atoms with van der Waals surface area (Å²) >= 11 is 0. The number of imidazole rings is 1. The summed E-state index contributed by atoms with van der Waals surface area (Å²) in [6, 6.07) is 3.98. The molecule has 1 saturated heterocycles. The molecule has 0 bridgehead atoms. The second-order valence-corrected chi connectivity index (χ2v) is 15.0. The van der Waals surface area contributed by atoms with Crippen molar-refractivity contribution in [1.29, 1.82) is 0 Å². The number of piperidine rings is 1. The van der Waals surface area contributed by atoms with Crippen molar-refractivity contribution in [2.45, 2.75) is 110 Å². The predicted molar refractivity (Wildman–Crippen MR) is 216 cm³/mol. The number of nitrogen functional groups attached to an aromatic ring is 1. The number of aromatic nitrogens is 5. The average Bonchev–Trinajstić information content (AvgIpc) is 3.88. The van der Waals surface area contributed by atoms with Gasteiger partial charge in [0.2, 0.25) is 17.7 Å². The summed E-state index contributed by atoms with van der Waals surface area (Å²) in [6.07, 6.45) is 9.05. The molecule has 18 nitrogen and oxygen atoms in total. The first kappa shape index (κ1) is 42.3. The van der Waals surface area contributed by atoms with Crippen LogP contribution in [0.25, 0.3) is 22.6 Å². The molecule has 1 unspecified atom stereocenters. The number of ether oxygens (including phenoxy) is 1. The van der Waals surface area contributed by atoms with Gasteiger partial charge in [0.05, 0.1) is 23.9 Å². The summed E-state index contributed by atoms with van der Waals surface area (Å²) in [7, 11) is 0. The molecule has 2 aliphatic rings. The number of aryl methyl sites for hydroxylation is 1. The molecular weight excluding hydrogens is 761 g/mol. The Morgan fingerprint density at radius 3 is 2.56 bits per heavy atom. The standard InChI is InChI=1S/C41H50N10O8/c1-4-50-35-29(24-45-27(19-20-41(2,3)57)33(35)47-37(50)34-36(42)49-59-48-34)58-23-12-7-5-6-9-16-30(52)44-22-11-8-10-21-43-26-15-13-14-25-32(26)40(56)51(39(25)55)28-17-18-31(53)46-38(28)54/h13-15,24,28,43,57H,4-12,16-18,21-23H2,1-3H3,(H2,42,49)(H,44,52)(H,46,53,54). The van der Waals surface area contributed by atoms with Crippen molar-refractivity contribution >= 4 is 52.1 Å². The number of fused-ring (bicyclic) bond motifs is 2. The minimum absolute atomic E-state index is 0.0253. The van der Waals surface area contributed by atoms with Crippen molar-refractivity contribution in [3.63, 3.8) is 0 Å². The molecule has 4 aromatic rings. The maximum Gasteiger partial charge on any atom is 0.264 e. The number of carbonyl (C=O) groups is 5. The van der Waals surface area contributed by atoms with E-state index in [0.29, 0.717) is 72.3 Å². The number of hydrogen-bond donors (Lipinski definition) is 5. The maximum atomic E-state index is 13.3. The number of hydrogen-bond acceptors (Lipinski definition) is 14. The minimum atomic E-state index is -1.22. The summed E-state index contributed by atoms with van der Waals surface area (Å²) in [6.45, 7) is 7.24. The number of amides is 5. The van der Waals surface area contributed by atoms with Gasteiger partial charge in [-0.1, -0.05) is 31.2 Å². The molecule has 1 atom stereocenters. The normalized spacial score (nSPS) is 15.3. The zero-order valence-electron chi connectivity index (χ0n) is 33.6. The highest BCUT2D eigenvalue weighted by molar-refractivity contribution is 6.25. The number of benzene rings is 1. The van der Waals surface area contributed by atoms with E-state index in [0.717, 1.165) is 56.3 Å². The van der Waals surface area contributed by atoms with E-state index in [-0.39, 0.29) is 35.7 Å². The van der Waals surface area contributed by atoms with E-state index >= 15 is 0 Å². The van der Waals surface area contributed by atoms with Gasteiger partial charge >= 0.3 is 0 Å². The van der Waals surface area contributed by atoms with Gasteiger partial charge in [0.1, 0.15) is 28.4 Å². The zero-order valence-corrected chi connectivity index (χ0v) is 33.6. The highest BCUT2D eigenvalue weighted by Gasteiger charge is 2.45. The number of unbranched alkanes of at least 4 members (excludes halogenated alkanes) is 6. The first-order chi connectivity index (χ1) is 28.4. The number of imide groups is 2. The predicted octanol–water partition coefficient (Wildman–Crippen LogP) is 3.73. The number of nitrogens with two attached hydrogens (primary N) is 1. The molecule has 18 heteroatoms. The first-order valence-electron chi connectivity index (χ1n) is 20.1. The number of nitrogens with zero attached hydrogens (tertiary/aromatic N) is 6. The number of pyridine rings is 1. The van der Waals surface area contributed by atoms with Crippen LogP contribution in [0.5, 0.6) is 5.75 Å². The van der Waals surface area contributed by atoms with Crippen molar-refractivity contribution in [3.05, 3.63) is 41.2 Å². The molecule has 2 aliphatic heterocycles. The monoisotopic (exact) mass is 810 g/mol. The van der Waals surface area contributed by atoms with Crippen LogP contribution < -0.4 is 26.4 Å². The van der Waals surface area contributed by atoms with Gasteiger partial charge in [-0.05, 0) is 87.7 Å². The lowest BCUT2D eigenvalue weighted by Crippen LogP contribution is -2.54. The van der Waals surface area contributed by atoms with Crippen molar-refractivity contribution < 1.29 is 38.4 Å². The Hall–Kier alpha value is -6.35. The largest absolute Gasteiger partial charge is 0.490 e. The van der Waals surface area contributed by atoms with Gasteiger partial charge < -0.3 is 30.8 Å². The van der Waals surface area contributed by atoms with Crippen LogP contribution in [-0.4, -0.2) is 95.7 Å². The molecule has 0 radical (unpaired) electrons. The van der Waals surface area contributed by atoms with Gasteiger partial charge in [-0.3, -0.25) is 34.2 Å². The number of anilines is 2. The molecular formula is C41H50N10O8. The highest BCUT2D eigenvalue weighted by Crippen LogP contribution is 2.34.